The first-order valence-electron chi connectivity index (χ1n) is 5.21. The minimum Gasteiger partial charge on any atom is -0.465 e. The lowest BCUT2D eigenvalue weighted by Crippen LogP contribution is -2.05. The third-order valence-corrected chi connectivity index (χ3v) is 2.49. The Hall–Kier alpha value is -2.43. The lowest BCUT2D eigenvalue weighted by molar-refractivity contribution is 0.0601. The number of esters is 1. The van der Waals surface area contributed by atoms with Gasteiger partial charge in [-0.05, 0) is 23.8 Å². The molecule has 0 radical (unpaired) electrons. The number of aromatic nitrogens is 1. The zero-order valence-electron chi connectivity index (χ0n) is 9.68. The quantitative estimate of drug-likeness (QED) is 0.825. The summed E-state index contributed by atoms with van der Waals surface area (Å²) in [4.78, 5) is 15.6. The van der Waals surface area contributed by atoms with E-state index in [1.165, 1.54) is 31.5 Å². The van der Waals surface area contributed by atoms with Gasteiger partial charge in [0.25, 0.3) is 0 Å². The van der Waals surface area contributed by atoms with Gasteiger partial charge in [-0.15, -0.1) is 0 Å². The minimum absolute atomic E-state index is 0.223. The maximum atomic E-state index is 12.9. The van der Waals surface area contributed by atoms with Crippen LogP contribution in [-0.2, 0) is 4.74 Å². The summed E-state index contributed by atoms with van der Waals surface area (Å²) in [5, 5.41) is 0. The van der Waals surface area contributed by atoms with Crippen LogP contribution in [-0.4, -0.2) is 18.1 Å². The van der Waals surface area contributed by atoms with Crippen LogP contribution in [0.5, 0.6) is 0 Å². The van der Waals surface area contributed by atoms with Crippen molar-refractivity contribution in [2.75, 3.05) is 12.8 Å². The van der Waals surface area contributed by atoms with Crippen molar-refractivity contribution in [2.45, 2.75) is 0 Å². The summed E-state index contributed by atoms with van der Waals surface area (Å²) in [7, 11) is 1.29. The molecule has 2 rings (SSSR count). The smallest absolute Gasteiger partial charge is 0.338 e. The maximum absolute atomic E-state index is 12.9. The number of benzene rings is 1. The van der Waals surface area contributed by atoms with Crippen LogP contribution in [0.25, 0.3) is 11.1 Å². The van der Waals surface area contributed by atoms with E-state index in [1.54, 1.807) is 12.1 Å². The Balaban J connectivity index is 2.56. The molecule has 18 heavy (non-hydrogen) atoms. The van der Waals surface area contributed by atoms with Gasteiger partial charge in [0.05, 0.1) is 12.7 Å². The van der Waals surface area contributed by atoms with Gasteiger partial charge in [-0.3, -0.25) is 0 Å². The Morgan fingerprint density at radius 3 is 2.61 bits per heavy atom. The van der Waals surface area contributed by atoms with Gasteiger partial charge in [-0.25, -0.2) is 14.2 Å². The number of hydrogen-bond donors (Lipinski definition) is 1. The molecule has 1 heterocycles. The Kier molecular flexibility index (Phi) is 3.23. The Labute approximate surface area is 103 Å². The van der Waals surface area contributed by atoms with E-state index in [-0.39, 0.29) is 11.6 Å². The van der Waals surface area contributed by atoms with Crippen LogP contribution in [0, 0.1) is 5.82 Å². The van der Waals surface area contributed by atoms with Crippen LogP contribution in [0.15, 0.2) is 36.5 Å². The highest BCUT2D eigenvalue weighted by Gasteiger charge is 2.14. The van der Waals surface area contributed by atoms with Crippen LogP contribution < -0.4 is 5.73 Å². The lowest BCUT2D eigenvalue weighted by atomic mass is 10.0. The number of nitrogens with zero attached hydrogens (tertiary/aromatic N) is 1. The summed E-state index contributed by atoms with van der Waals surface area (Å²) in [5.74, 6) is -0.633. The normalized spacial score (nSPS) is 10.1. The number of methoxy groups -OCH3 is 1. The van der Waals surface area contributed by atoms with Crippen molar-refractivity contribution < 1.29 is 13.9 Å². The average Bonchev–Trinajstić information content (AvgIpc) is 2.39. The number of anilines is 1. The molecule has 0 fully saturated rings. The molecule has 1 aromatic carbocycles. The predicted octanol–water partition coefficient (Wildman–Crippen LogP) is 2.26. The van der Waals surface area contributed by atoms with Gasteiger partial charge in [0.15, 0.2) is 0 Å². The number of carbonyl (C=O) groups is 1. The van der Waals surface area contributed by atoms with Crippen molar-refractivity contribution in [1.82, 2.24) is 4.98 Å². The fourth-order valence-corrected chi connectivity index (χ4v) is 1.61. The second-order valence-corrected chi connectivity index (χ2v) is 3.65. The molecule has 0 atom stereocenters. The Morgan fingerprint density at radius 2 is 2.00 bits per heavy atom. The number of hydrogen-bond acceptors (Lipinski definition) is 4. The highest BCUT2D eigenvalue weighted by molar-refractivity contribution is 5.97. The standard InChI is InChI=1S/C13H11FN2O2/c1-18-13(17)10-6-12(15)16-7-11(10)8-2-4-9(14)5-3-8/h2-7H,1H3,(H2,15,16). The fraction of sp³-hybridized carbons (Fsp3) is 0.0769. The van der Waals surface area contributed by atoms with Crippen molar-refractivity contribution in [3.8, 4) is 11.1 Å². The highest BCUT2D eigenvalue weighted by atomic mass is 19.1. The Bertz CT molecular complexity index is 582. The van der Waals surface area contributed by atoms with Crippen molar-refractivity contribution in [3.05, 3.63) is 47.9 Å². The molecule has 2 N–H and O–H groups in total. The van der Waals surface area contributed by atoms with Gasteiger partial charge in [0, 0.05) is 11.8 Å². The molecule has 92 valence electrons. The molecule has 0 saturated carbocycles. The number of ether oxygens (including phenoxy) is 1. The van der Waals surface area contributed by atoms with Crippen LogP contribution in [0.3, 0.4) is 0 Å². The zero-order chi connectivity index (χ0) is 13.1. The van der Waals surface area contributed by atoms with Crippen molar-refractivity contribution >= 4 is 11.8 Å². The van der Waals surface area contributed by atoms with E-state index in [1.807, 2.05) is 0 Å². The second kappa shape index (κ2) is 4.83. The summed E-state index contributed by atoms with van der Waals surface area (Å²) in [6.45, 7) is 0. The summed E-state index contributed by atoms with van der Waals surface area (Å²) < 4.78 is 17.5. The number of halogens is 1. The molecule has 5 heteroatoms. The molecular formula is C13H11FN2O2. The molecule has 0 aliphatic rings. The molecule has 0 spiro atoms. The van der Waals surface area contributed by atoms with Gasteiger partial charge in [-0.2, -0.15) is 0 Å². The van der Waals surface area contributed by atoms with Crippen molar-refractivity contribution in [2.24, 2.45) is 0 Å². The van der Waals surface area contributed by atoms with Crippen LogP contribution in [0.1, 0.15) is 10.4 Å². The highest BCUT2D eigenvalue weighted by Crippen LogP contribution is 2.25. The monoisotopic (exact) mass is 246 g/mol. The molecule has 0 aliphatic carbocycles. The first-order chi connectivity index (χ1) is 8.61. The average molecular weight is 246 g/mol. The SMILES string of the molecule is COC(=O)c1cc(N)ncc1-c1ccc(F)cc1. The van der Waals surface area contributed by atoms with Crippen LogP contribution in [0.2, 0.25) is 0 Å². The van der Waals surface area contributed by atoms with Crippen LogP contribution in [0.4, 0.5) is 10.2 Å². The maximum Gasteiger partial charge on any atom is 0.338 e. The first kappa shape index (κ1) is 12.0. The summed E-state index contributed by atoms with van der Waals surface area (Å²) in [5.41, 5.74) is 7.07. The molecule has 0 aliphatic heterocycles. The molecule has 4 nitrogen and oxygen atoms in total. The van der Waals surface area contributed by atoms with Crippen molar-refractivity contribution in [3.63, 3.8) is 0 Å². The van der Waals surface area contributed by atoms with E-state index >= 15 is 0 Å². The van der Waals surface area contributed by atoms with E-state index in [2.05, 4.69) is 9.72 Å². The molecule has 0 bridgehead atoms. The largest absolute Gasteiger partial charge is 0.465 e. The summed E-state index contributed by atoms with van der Waals surface area (Å²) >= 11 is 0. The van der Waals surface area contributed by atoms with Gasteiger partial charge < -0.3 is 10.5 Å². The van der Waals surface area contributed by atoms with E-state index in [9.17, 15) is 9.18 Å². The number of nitrogen functional groups attached to an aromatic ring is 1. The minimum atomic E-state index is -0.511. The van der Waals surface area contributed by atoms with E-state index in [0.29, 0.717) is 16.7 Å². The van der Waals surface area contributed by atoms with Gasteiger partial charge in [0.1, 0.15) is 11.6 Å². The molecular weight excluding hydrogens is 235 g/mol. The molecule has 1 aromatic heterocycles. The summed E-state index contributed by atoms with van der Waals surface area (Å²) in [6, 6.07) is 7.19. The number of rotatable bonds is 2. The van der Waals surface area contributed by atoms with Gasteiger partial charge in [0.2, 0.25) is 0 Å². The summed E-state index contributed by atoms with van der Waals surface area (Å²) in [6.07, 6.45) is 1.47. The molecule has 2 aromatic rings. The Morgan fingerprint density at radius 1 is 1.33 bits per heavy atom. The predicted molar refractivity (Wildman–Crippen MR) is 65.4 cm³/mol. The number of carbonyl (C=O) groups excluding carboxylic acids is 1. The van der Waals surface area contributed by atoms with Gasteiger partial charge >= 0.3 is 5.97 Å². The van der Waals surface area contributed by atoms with E-state index in [0.717, 1.165) is 0 Å². The molecule has 0 amide bonds. The lowest BCUT2D eigenvalue weighted by Gasteiger charge is -2.08. The second-order valence-electron chi connectivity index (χ2n) is 3.65. The molecule has 0 saturated heterocycles. The third-order valence-electron chi connectivity index (χ3n) is 2.49. The fourth-order valence-electron chi connectivity index (χ4n) is 1.61. The van der Waals surface area contributed by atoms with Crippen molar-refractivity contribution in [1.29, 1.82) is 0 Å². The van der Waals surface area contributed by atoms with E-state index in [4.69, 9.17) is 5.73 Å². The number of pyridine rings is 1. The first-order valence-corrected chi connectivity index (χ1v) is 5.21. The number of nitrogens with two attached hydrogens (primary N) is 1. The van der Waals surface area contributed by atoms with E-state index < -0.39 is 5.97 Å². The topological polar surface area (TPSA) is 65.2 Å². The van der Waals surface area contributed by atoms with Gasteiger partial charge in [-0.1, -0.05) is 12.1 Å². The zero-order valence-corrected chi connectivity index (χ0v) is 9.68. The third kappa shape index (κ3) is 2.29. The van der Waals surface area contributed by atoms with Crippen LogP contribution >= 0.6 is 0 Å². The molecule has 0 unspecified atom stereocenters.